The minimum Gasteiger partial charge on any atom is -0.507 e. The zero-order valence-electron chi connectivity index (χ0n) is 15.9. The number of hydrogen-bond donors (Lipinski definition) is 2. The number of thioether (sulfide) groups is 1. The van der Waals surface area contributed by atoms with Crippen LogP contribution >= 0.6 is 11.8 Å². The van der Waals surface area contributed by atoms with E-state index in [4.69, 9.17) is 9.84 Å². The lowest BCUT2D eigenvalue weighted by Crippen LogP contribution is -2.37. The lowest BCUT2D eigenvalue weighted by molar-refractivity contribution is -0.152. The van der Waals surface area contributed by atoms with Gasteiger partial charge in [0.1, 0.15) is 11.5 Å². The van der Waals surface area contributed by atoms with E-state index in [1.54, 1.807) is 11.8 Å². The Labute approximate surface area is 159 Å². The van der Waals surface area contributed by atoms with Crippen molar-refractivity contribution in [2.45, 2.75) is 51.5 Å². The average Bonchev–Trinajstić information content (AvgIpc) is 2.58. The maximum atomic E-state index is 11.1. The first kappa shape index (κ1) is 20.2. The molecule has 0 aliphatic rings. The van der Waals surface area contributed by atoms with Crippen LogP contribution in [-0.2, 0) is 11.2 Å². The molecule has 0 bridgehead atoms. The first-order valence-electron chi connectivity index (χ1n) is 8.55. The van der Waals surface area contributed by atoms with Gasteiger partial charge in [0.05, 0.1) is 0 Å². The van der Waals surface area contributed by atoms with Crippen molar-refractivity contribution in [1.29, 1.82) is 0 Å². The van der Waals surface area contributed by atoms with E-state index in [1.165, 1.54) is 24.3 Å². The van der Waals surface area contributed by atoms with Crippen molar-refractivity contribution in [3.05, 3.63) is 52.6 Å². The average molecular weight is 375 g/mol. The van der Waals surface area contributed by atoms with Crippen molar-refractivity contribution in [2.75, 3.05) is 5.75 Å². The molecule has 2 N–H and O–H groups in total. The Morgan fingerprint density at radius 2 is 1.73 bits per heavy atom. The second kappa shape index (κ2) is 8.04. The smallest absolute Gasteiger partial charge is 0.347 e. The summed E-state index contributed by atoms with van der Waals surface area (Å²) in [5.74, 6) is 0.861. The van der Waals surface area contributed by atoms with Gasteiger partial charge in [-0.1, -0.05) is 12.1 Å². The molecule has 2 rings (SSSR count). The summed E-state index contributed by atoms with van der Waals surface area (Å²) in [7, 11) is 0. The Morgan fingerprint density at radius 3 is 2.31 bits per heavy atom. The SMILES string of the molecule is Cc1cc(SCCc2ccc(OC(C)(C)C(=O)O)cc2)c(C)c(C)c1O. The van der Waals surface area contributed by atoms with Crippen LogP contribution < -0.4 is 4.74 Å². The monoisotopic (exact) mass is 374 g/mol. The van der Waals surface area contributed by atoms with Gasteiger partial charge in [-0.3, -0.25) is 0 Å². The Kier molecular flexibility index (Phi) is 6.24. The van der Waals surface area contributed by atoms with Gasteiger partial charge in [0.2, 0.25) is 0 Å². The van der Waals surface area contributed by atoms with E-state index in [0.717, 1.165) is 28.9 Å². The molecule has 5 heteroatoms. The molecule has 0 aliphatic carbocycles. The minimum atomic E-state index is -1.25. The highest BCUT2D eigenvalue weighted by atomic mass is 32.2. The molecule has 0 saturated carbocycles. The number of phenols is 1. The van der Waals surface area contributed by atoms with E-state index < -0.39 is 11.6 Å². The zero-order valence-corrected chi connectivity index (χ0v) is 16.7. The normalized spacial score (nSPS) is 11.4. The Balaban J connectivity index is 1.96. The molecular formula is C21H26O4S. The van der Waals surface area contributed by atoms with Crippen molar-refractivity contribution >= 4 is 17.7 Å². The van der Waals surface area contributed by atoms with E-state index in [0.29, 0.717) is 11.5 Å². The second-order valence-corrected chi connectivity index (χ2v) is 8.09. The van der Waals surface area contributed by atoms with Crippen molar-refractivity contribution in [3.8, 4) is 11.5 Å². The van der Waals surface area contributed by atoms with Gasteiger partial charge in [-0.15, -0.1) is 11.8 Å². The molecule has 0 unspecified atom stereocenters. The Bertz CT molecular complexity index is 795. The number of benzene rings is 2. The number of aryl methyl sites for hydroxylation is 2. The lowest BCUT2D eigenvalue weighted by atomic mass is 10.1. The molecule has 0 fully saturated rings. The summed E-state index contributed by atoms with van der Waals surface area (Å²) in [4.78, 5) is 12.3. The highest BCUT2D eigenvalue weighted by Gasteiger charge is 2.29. The number of rotatable bonds is 7. The van der Waals surface area contributed by atoms with Crippen molar-refractivity contribution in [1.82, 2.24) is 0 Å². The standard InChI is InChI=1S/C21H26O4S/c1-13-12-18(14(2)15(3)19(13)22)26-11-10-16-6-8-17(9-7-16)25-21(4,5)20(23)24/h6-9,12,22H,10-11H2,1-5H3,(H,23,24). The molecule has 0 spiro atoms. The van der Waals surface area contributed by atoms with Gasteiger partial charge in [0.25, 0.3) is 0 Å². The van der Waals surface area contributed by atoms with Gasteiger partial charge >= 0.3 is 5.97 Å². The van der Waals surface area contributed by atoms with Gasteiger partial charge in [0.15, 0.2) is 5.60 Å². The summed E-state index contributed by atoms with van der Waals surface area (Å²) in [6.45, 7) is 8.96. The second-order valence-electron chi connectivity index (χ2n) is 6.95. The van der Waals surface area contributed by atoms with Crippen LogP contribution in [0.1, 0.15) is 36.1 Å². The van der Waals surface area contributed by atoms with Gasteiger partial charge in [0, 0.05) is 10.6 Å². The summed E-state index contributed by atoms with van der Waals surface area (Å²) in [5, 5.41) is 19.1. The molecule has 0 amide bonds. The van der Waals surface area contributed by atoms with Gasteiger partial charge in [-0.05, 0) is 81.5 Å². The molecule has 0 saturated heterocycles. The summed E-state index contributed by atoms with van der Waals surface area (Å²) in [6, 6.07) is 9.59. The third kappa shape index (κ3) is 4.73. The molecule has 4 nitrogen and oxygen atoms in total. The van der Waals surface area contributed by atoms with Gasteiger partial charge < -0.3 is 14.9 Å². The van der Waals surface area contributed by atoms with E-state index in [9.17, 15) is 9.90 Å². The molecular weight excluding hydrogens is 348 g/mol. The molecule has 0 heterocycles. The first-order chi connectivity index (χ1) is 12.1. The predicted molar refractivity (Wildman–Crippen MR) is 106 cm³/mol. The van der Waals surface area contributed by atoms with Crippen molar-refractivity contribution < 1.29 is 19.7 Å². The molecule has 0 radical (unpaired) electrons. The highest BCUT2D eigenvalue weighted by Crippen LogP contribution is 2.33. The topological polar surface area (TPSA) is 66.8 Å². The molecule has 140 valence electrons. The fourth-order valence-electron chi connectivity index (χ4n) is 2.52. The van der Waals surface area contributed by atoms with Gasteiger partial charge in [-0.2, -0.15) is 0 Å². The molecule has 2 aromatic carbocycles. The summed E-state index contributed by atoms with van der Waals surface area (Å²) < 4.78 is 5.52. The minimum absolute atomic E-state index is 0.381. The van der Waals surface area contributed by atoms with Crippen LogP contribution in [0.2, 0.25) is 0 Å². The van der Waals surface area contributed by atoms with Crippen LogP contribution in [0.4, 0.5) is 0 Å². The van der Waals surface area contributed by atoms with Crippen LogP contribution in [0.15, 0.2) is 35.2 Å². The van der Waals surface area contributed by atoms with Crippen LogP contribution in [0.3, 0.4) is 0 Å². The van der Waals surface area contributed by atoms with Crippen LogP contribution in [0.25, 0.3) is 0 Å². The third-order valence-corrected chi connectivity index (χ3v) is 5.61. The van der Waals surface area contributed by atoms with Crippen molar-refractivity contribution in [3.63, 3.8) is 0 Å². The Hall–Kier alpha value is -2.14. The number of carboxylic acid groups (broad SMARTS) is 1. The summed E-state index contributed by atoms with van der Waals surface area (Å²) in [5.41, 5.74) is 2.89. The fourth-order valence-corrected chi connectivity index (χ4v) is 3.71. The summed E-state index contributed by atoms with van der Waals surface area (Å²) >= 11 is 1.78. The number of hydrogen-bond acceptors (Lipinski definition) is 4. The maximum absolute atomic E-state index is 11.1. The largest absolute Gasteiger partial charge is 0.507 e. The maximum Gasteiger partial charge on any atom is 0.347 e. The zero-order chi connectivity index (χ0) is 19.5. The fraction of sp³-hybridized carbons (Fsp3) is 0.381. The predicted octanol–water partition coefficient (Wildman–Crippen LogP) is 4.89. The highest BCUT2D eigenvalue weighted by molar-refractivity contribution is 7.99. The molecule has 2 aromatic rings. The van der Waals surface area contributed by atoms with Gasteiger partial charge in [-0.25, -0.2) is 4.79 Å². The quantitative estimate of drug-likeness (QED) is 0.675. The molecule has 0 aromatic heterocycles. The number of phenolic OH excluding ortho intramolecular Hbond substituents is 1. The van der Waals surface area contributed by atoms with E-state index in [2.05, 4.69) is 0 Å². The van der Waals surface area contributed by atoms with Crippen LogP contribution in [0, 0.1) is 20.8 Å². The van der Waals surface area contributed by atoms with E-state index in [-0.39, 0.29) is 0 Å². The van der Waals surface area contributed by atoms with E-state index >= 15 is 0 Å². The number of aliphatic carboxylic acids is 1. The first-order valence-corrected chi connectivity index (χ1v) is 9.54. The number of carboxylic acids is 1. The van der Waals surface area contributed by atoms with E-state index in [1.807, 2.05) is 51.1 Å². The third-order valence-electron chi connectivity index (χ3n) is 4.47. The Morgan fingerprint density at radius 1 is 1.12 bits per heavy atom. The van der Waals surface area contributed by atoms with Crippen molar-refractivity contribution in [2.24, 2.45) is 0 Å². The van der Waals surface area contributed by atoms with Crippen LogP contribution in [-0.4, -0.2) is 27.5 Å². The summed E-state index contributed by atoms with van der Waals surface area (Å²) in [6.07, 6.45) is 0.895. The number of aromatic hydroxyl groups is 1. The number of carbonyl (C=O) groups is 1. The molecule has 0 aliphatic heterocycles. The number of ether oxygens (including phenoxy) is 1. The van der Waals surface area contributed by atoms with Crippen LogP contribution in [0.5, 0.6) is 11.5 Å². The molecule has 26 heavy (non-hydrogen) atoms. The lowest BCUT2D eigenvalue weighted by Gasteiger charge is -2.21. The molecule has 0 atom stereocenters.